The van der Waals surface area contributed by atoms with Gasteiger partial charge in [-0.05, 0) is 48.9 Å². The predicted octanol–water partition coefficient (Wildman–Crippen LogP) is 4.17. The van der Waals surface area contributed by atoms with Gasteiger partial charge in [-0.2, -0.15) is 0 Å². The smallest absolute Gasteiger partial charge is 0.410 e. The van der Waals surface area contributed by atoms with Gasteiger partial charge in [-0.15, -0.1) is 0 Å². The number of carbonyl (C=O) groups is 1. The second-order valence-corrected chi connectivity index (χ2v) is 7.61. The van der Waals surface area contributed by atoms with E-state index in [-0.39, 0.29) is 18.2 Å². The highest BCUT2D eigenvalue weighted by Gasteiger charge is 2.47. The van der Waals surface area contributed by atoms with Gasteiger partial charge >= 0.3 is 6.09 Å². The Kier molecular flexibility index (Phi) is 3.43. The minimum atomic E-state index is -0.137. The summed E-state index contributed by atoms with van der Waals surface area (Å²) in [6, 6.07) is 6.50. The summed E-state index contributed by atoms with van der Waals surface area (Å²) in [6.07, 6.45) is 6.95. The van der Waals surface area contributed by atoms with Crippen LogP contribution in [-0.4, -0.2) is 35.7 Å². The van der Waals surface area contributed by atoms with Crippen LogP contribution in [0.5, 0.6) is 5.75 Å². The van der Waals surface area contributed by atoms with Gasteiger partial charge in [0, 0.05) is 16.6 Å². The molecule has 0 radical (unpaired) electrons. The Morgan fingerprint density at radius 2 is 2.08 bits per heavy atom. The second kappa shape index (κ2) is 5.68. The van der Waals surface area contributed by atoms with Crippen molar-refractivity contribution in [2.75, 3.05) is 13.7 Å². The average molecular weight is 340 g/mol. The Morgan fingerprint density at radius 1 is 1.24 bits per heavy atom. The van der Waals surface area contributed by atoms with Crippen LogP contribution in [0.4, 0.5) is 4.79 Å². The molecule has 5 rings (SSSR count). The number of hydrogen-bond donors (Lipinski definition) is 1. The number of methoxy groups -OCH3 is 1. The molecular weight excluding hydrogens is 316 g/mol. The number of benzene rings is 1. The number of ether oxygens (including phenoxy) is 2. The number of carbonyl (C=O) groups excluding carboxylic acids is 1. The number of aromatic nitrogens is 1. The fourth-order valence-electron chi connectivity index (χ4n) is 5.10. The number of aromatic amines is 1. The fourth-order valence-corrected chi connectivity index (χ4v) is 5.10. The highest BCUT2D eigenvalue weighted by atomic mass is 16.6. The molecule has 3 aliphatic rings. The van der Waals surface area contributed by atoms with Crippen LogP contribution in [-0.2, 0) is 11.2 Å². The fraction of sp³-hybridized carbons (Fsp3) is 0.550. The summed E-state index contributed by atoms with van der Waals surface area (Å²) in [6.45, 7) is 0.512. The third kappa shape index (κ3) is 2.25. The van der Waals surface area contributed by atoms with E-state index in [1.807, 2.05) is 11.0 Å². The summed E-state index contributed by atoms with van der Waals surface area (Å²) in [7, 11) is 1.70. The number of nitrogens with zero attached hydrogens (tertiary/aromatic N) is 1. The standard InChI is InChI=1S/C20H24N2O3/c1-24-14-7-8-17-15(10-14)16-9-13-11-25-20(23)22(13)19(18(16)21-17)12-5-3-2-4-6-12/h7-8,10,12-13,19,21H,2-6,9,11H2,1H3. The molecule has 1 aliphatic carbocycles. The van der Waals surface area contributed by atoms with Crippen LogP contribution in [0.3, 0.4) is 0 Å². The lowest BCUT2D eigenvalue weighted by molar-refractivity contribution is 0.103. The Morgan fingerprint density at radius 3 is 2.88 bits per heavy atom. The van der Waals surface area contributed by atoms with Gasteiger partial charge in [0.05, 0.1) is 19.2 Å². The maximum atomic E-state index is 12.5. The summed E-state index contributed by atoms with van der Waals surface area (Å²) in [5.41, 5.74) is 3.72. The minimum Gasteiger partial charge on any atom is -0.497 e. The molecule has 1 aromatic heterocycles. The van der Waals surface area contributed by atoms with E-state index in [9.17, 15) is 4.79 Å². The number of hydrogen-bond acceptors (Lipinski definition) is 3. The van der Waals surface area contributed by atoms with E-state index in [1.165, 1.54) is 48.7 Å². The summed E-state index contributed by atoms with van der Waals surface area (Å²) in [5.74, 6) is 1.40. The first kappa shape index (κ1) is 15.1. The predicted molar refractivity (Wildman–Crippen MR) is 94.8 cm³/mol. The molecular formula is C20H24N2O3. The molecule has 5 heteroatoms. The van der Waals surface area contributed by atoms with E-state index in [0.29, 0.717) is 12.5 Å². The zero-order valence-corrected chi connectivity index (χ0v) is 14.6. The Hall–Kier alpha value is -2.17. The molecule has 25 heavy (non-hydrogen) atoms. The Bertz CT molecular complexity index is 822. The third-order valence-electron chi connectivity index (χ3n) is 6.28. The van der Waals surface area contributed by atoms with Crippen LogP contribution < -0.4 is 4.74 Å². The van der Waals surface area contributed by atoms with Crippen LogP contribution in [0.2, 0.25) is 0 Å². The summed E-state index contributed by atoms with van der Waals surface area (Å²) in [4.78, 5) is 18.1. The number of H-pyrrole nitrogens is 1. The van der Waals surface area contributed by atoms with E-state index >= 15 is 0 Å². The Labute approximate surface area is 147 Å². The van der Waals surface area contributed by atoms with Gasteiger partial charge in [0.1, 0.15) is 12.4 Å². The van der Waals surface area contributed by atoms with Gasteiger partial charge in [-0.25, -0.2) is 4.79 Å². The van der Waals surface area contributed by atoms with E-state index in [0.717, 1.165) is 17.7 Å². The monoisotopic (exact) mass is 340 g/mol. The van der Waals surface area contributed by atoms with Crippen LogP contribution >= 0.6 is 0 Å². The topological polar surface area (TPSA) is 54.6 Å². The molecule has 1 aromatic carbocycles. The SMILES string of the molecule is COc1ccc2[nH]c3c(c2c1)CC1COC(=O)N1C3C1CCCCC1. The molecule has 1 amide bonds. The summed E-state index contributed by atoms with van der Waals surface area (Å²) < 4.78 is 10.9. The molecule has 1 saturated carbocycles. The van der Waals surface area contributed by atoms with Gasteiger partial charge in [0.25, 0.3) is 0 Å². The van der Waals surface area contributed by atoms with Gasteiger partial charge < -0.3 is 14.5 Å². The molecule has 132 valence electrons. The van der Waals surface area contributed by atoms with E-state index in [1.54, 1.807) is 7.11 Å². The lowest BCUT2D eigenvalue weighted by atomic mass is 9.78. The molecule has 2 aliphatic heterocycles. The van der Waals surface area contributed by atoms with Gasteiger partial charge in [-0.1, -0.05) is 19.3 Å². The molecule has 2 unspecified atom stereocenters. The molecule has 1 N–H and O–H groups in total. The van der Waals surface area contributed by atoms with Crippen molar-refractivity contribution in [1.82, 2.24) is 9.88 Å². The molecule has 2 atom stereocenters. The number of amides is 1. The number of rotatable bonds is 2. The number of cyclic esters (lactones) is 1. The summed E-state index contributed by atoms with van der Waals surface area (Å²) in [5, 5.41) is 1.23. The third-order valence-corrected chi connectivity index (χ3v) is 6.28. The van der Waals surface area contributed by atoms with Crippen molar-refractivity contribution in [1.29, 1.82) is 0 Å². The van der Waals surface area contributed by atoms with Crippen molar-refractivity contribution in [2.45, 2.75) is 50.6 Å². The van der Waals surface area contributed by atoms with Crippen molar-refractivity contribution in [2.24, 2.45) is 5.92 Å². The molecule has 1 saturated heterocycles. The highest BCUT2D eigenvalue weighted by molar-refractivity contribution is 5.87. The zero-order chi connectivity index (χ0) is 17.0. The van der Waals surface area contributed by atoms with Crippen LogP contribution in [0, 0.1) is 5.92 Å². The molecule has 2 aromatic rings. The molecule has 5 nitrogen and oxygen atoms in total. The first-order valence-electron chi connectivity index (χ1n) is 9.40. The molecule has 3 heterocycles. The van der Waals surface area contributed by atoms with Crippen LogP contribution in [0.1, 0.15) is 49.4 Å². The van der Waals surface area contributed by atoms with Crippen LogP contribution in [0.25, 0.3) is 10.9 Å². The van der Waals surface area contributed by atoms with Crippen molar-refractivity contribution in [3.63, 3.8) is 0 Å². The van der Waals surface area contributed by atoms with E-state index in [2.05, 4.69) is 17.1 Å². The summed E-state index contributed by atoms with van der Waals surface area (Å²) >= 11 is 0. The van der Waals surface area contributed by atoms with Crippen molar-refractivity contribution in [3.8, 4) is 5.75 Å². The Balaban J connectivity index is 1.66. The minimum absolute atomic E-state index is 0.127. The van der Waals surface area contributed by atoms with Gasteiger partial charge in [0.15, 0.2) is 0 Å². The lowest BCUT2D eigenvalue weighted by Gasteiger charge is -2.41. The maximum Gasteiger partial charge on any atom is 0.410 e. The van der Waals surface area contributed by atoms with Crippen molar-refractivity contribution in [3.05, 3.63) is 29.5 Å². The quantitative estimate of drug-likeness (QED) is 0.892. The first-order chi connectivity index (χ1) is 12.3. The van der Waals surface area contributed by atoms with Crippen LogP contribution in [0.15, 0.2) is 18.2 Å². The number of nitrogens with one attached hydrogen (secondary N) is 1. The zero-order valence-electron chi connectivity index (χ0n) is 14.6. The largest absolute Gasteiger partial charge is 0.497 e. The molecule has 0 spiro atoms. The molecule has 0 bridgehead atoms. The number of fused-ring (bicyclic) bond motifs is 4. The molecule has 2 fully saturated rings. The van der Waals surface area contributed by atoms with Crippen molar-refractivity contribution >= 4 is 17.0 Å². The first-order valence-corrected chi connectivity index (χ1v) is 9.40. The average Bonchev–Trinajstić information content (AvgIpc) is 3.21. The highest BCUT2D eigenvalue weighted by Crippen LogP contribution is 2.47. The maximum absolute atomic E-state index is 12.5. The van der Waals surface area contributed by atoms with Gasteiger partial charge in [0.2, 0.25) is 0 Å². The normalized spacial score (nSPS) is 26.4. The van der Waals surface area contributed by atoms with E-state index < -0.39 is 0 Å². The second-order valence-electron chi connectivity index (χ2n) is 7.61. The van der Waals surface area contributed by atoms with E-state index in [4.69, 9.17) is 9.47 Å². The van der Waals surface area contributed by atoms with Crippen molar-refractivity contribution < 1.29 is 14.3 Å². The van der Waals surface area contributed by atoms with Gasteiger partial charge in [-0.3, -0.25) is 4.90 Å². The lowest BCUT2D eigenvalue weighted by Crippen LogP contribution is -2.45.